The molecule has 32 heavy (non-hydrogen) atoms. The van der Waals surface area contributed by atoms with Crippen molar-refractivity contribution >= 4 is 6.09 Å². The number of halogens is 6. The summed E-state index contributed by atoms with van der Waals surface area (Å²) in [4.78, 5) is 11.7. The number of hydrogen-bond acceptors (Lipinski definition) is 3. The summed E-state index contributed by atoms with van der Waals surface area (Å²) in [6.45, 7) is 7.26. The van der Waals surface area contributed by atoms with E-state index in [0.717, 1.165) is 0 Å². The van der Waals surface area contributed by atoms with Crippen LogP contribution in [-0.4, -0.2) is 23.8 Å². The number of carbonyl (C=O) groups excluding carboxylic acids is 1. The third-order valence-electron chi connectivity index (χ3n) is 6.91. The summed E-state index contributed by atoms with van der Waals surface area (Å²) in [7, 11) is 0. The molecule has 180 valence electrons. The van der Waals surface area contributed by atoms with Crippen LogP contribution in [0.4, 0.5) is 31.1 Å². The van der Waals surface area contributed by atoms with Crippen LogP contribution in [-0.2, 0) is 21.8 Å². The molecule has 1 saturated heterocycles. The van der Waals surface area contributed by atoms with E-state index in [2.05, 4.69) is 5.32 Å². The van der Waals surface area contributed by atoms with E-state index in [1.165, 1.54) is 6.92 Å². The summed E-state index contributed by atoms with van der Waals surface area (Å²) in [5.41, 5.74) is -4.41. The number of nitrogens with one attached hydrogen (secondary N) is 1. The minimum atomic E-state index is -4.90. The molecule has 3 rings (SSSR count). The predicted molar refractivity (Wildman–Crippen MR) is 104 cm³/mol. The van der Waals surface area contributed by atoms with Gasteiger partial charge in [-0.2, -0.15) is 26.3 Å². The van der Waals surface area contributed by atoms with Crippen LogP contribution in [0.5, 0.6) is 0 Å². The van der Waals surface area contributed by atoms with Crippen LogP contribution >= 0.6 is 0 Å². The molecule has 1 N–H and O–H groups in total. The Balaban J connectivity index is 1.71. The van der Waals surface area contributed by atoms with Gasteiger partial charge in [0.1, 0.15) is 5.60 Å². The Hall–Kier alpha value is -1.97. The normalized spacial score (nSPS) is 29.0. The highest BCUT2D eigenvalue weighted by molar-refractivity contribution is 5.72. The van der Waals surface area contributed by atoms with Gasteiger partial charge in [-0.3, -0.25) is 0 Å². The van der Waals surface area contributed by atoms with E-state index >= 15 is 0 Å². The molecule has 1 saturated carbocycles. The third kappa shape index (κ3) is 4.84. The molecule has 1 aliphatic carbocycles. The van der Waals surface area contributed by atoms with Crippen LogP contribution in [0, 0.1) is 5.41 Å². The van der Waals surface area contributed by atoms with E-state index in [9.17, 15) is 31.1 Å². The summed E-state index contributed by atoms with van der Waals surface area (Å²) in [6.07, 6.45) is -8.67. The van der Waals surface area contributed by atoms with Crippen LogP contribution in [0.15, 0.2) is 18.2 Å². The highest BCUT2D eigenvalue weighted by Gasteiger charge is 2.57. The van der Waals surface area contributed by atoms with Gasteiger partial charge in [0.25, 0.3) is 0 Å². The Kier molecular flexibility index (Phi) is 6.02. The molecule has 2 fully saturated rings. The molecule has 10 heteroatoms. The Morgan fingerprint density at radius 1 is 0.969 bits per heavy atom. The Bertz CT molecular complexity index is 837. The Labute approximate surface area is 182 Å². The van der Waals surface area contributed by atoms with Gasteiger partial charge in [0.05, 0.1) is 29.4 Å². The second-order valence-corrected chi connectivity index (χ2v) is 9.71. The van der Waals surface area contributed by atoms with Crippen molar-refractivity contribution < 1.29 is 40.6 Å². The predicted octanol–water partition coefficient (Wildman–Crippen LogP) is 6.64. The average Bonchev–Trinajstić information content (AvgIpc) is 2.88. The van der Waals surface area contributed by atoms with Crippen molar-refractivity contribution in [2.45, 2.75) is 83.0 Å². The number of alkyl halides is 6. The summed E-state index contributed by atoms with van der Waals surface area (Å²) in [5.74, 6) is 0. The van der Waals surface area contributed by atoms with Gasteiger partial charge in [-0.05, 0) is 75.6 Å². The first kappa shape index (κ1) is 24.7. The van der Waals surface area contributed by atoms with Crippen LogP contribution in [0.3, 0.4) is 0 Å². The maximum absolute atomic E-state index is 13.1. The lowest BCUT2D eigenvalue weighted by Crippen LogP contribution is -2.57. The molecular formula is C22H27F6NO3. The fourth-order valence-corrected chi connectivity index (χ4v) is 4.49. The van der Waals surface area contributed by atoms with Gasteiger partial charge in [0.2, 0.25) is 0 Å². The minimum absolute atomic E-state index is 0.109. The zero-order valence-corrected chi connectivity index (χ0v) is 18.3. The number of ether oxygens (including phenoxy) is 2. The lowest BCUT2D eigenvalue weighted by Gasteiger charge is -2.47. The fourth-order valence-electron chi connectivity index (χ4n) is 4.49. The summed E-state index contributed by atoms with van der Waals surface area (Å²) >= 11 is 0. The third-order valence-corrected chi connectivity index (χ3v) is 6.91. The van der Waals surface area contributed by atoms with E-state index in [4.69, 9.17) is 9.47 Å². The van der Waals surface area contributed by atoms with E-state index in [0.29, 0.717) is 37.8 Å². The van der Waals surface area contributed by atoms with E-state index < -0.39 is 46.8 Å². The van der Waals surface area contributed by atoms with Crippen molar-refractivity contribution in [1.29, 1.82) is 0 Å². The topological polar surface area (TPSA) is 47.6 Å². The molecule has 0 radical (unpaired) electrons. The van der Waals surface area contributed by atoms with Crippen LogP contribution < -0.4 is 5.32 Å². The van der Waals surface area contributed by atoms with Gasteiger partial charge >= 0.3 is 18.4 Å². The van der Waals surface area contributed by atoms with Crippen LogP contribution in [0.2, 0.25) is 0 Å². The molecule has 1 amide bonds. The van der Waals surface area contributed by atoms with Gasteiger partial charge in [-0.1, -0.05) is 6.92 Å². The molecule has 0 aromatic heterocycles. The number of benzene rings is 1. The number of cyclic esters (lactones) is 1. The van der Waals surface area contributed by atoms with Crippen LogP contribution in [0.1, 0.15) is 76.2 Å². The highest BCUT2D eigenvalue weighted by atomic mass is 19.4. The summed E-state index contributed by atoms with van der Waals surface area (Å²) < 4.78 is 89.9. The van der Waals surface area contributed by atoms with Gasteiger partial charge < -0.3 is 14.8 Å². The van der Waals surface area contributed by atoms with Crippen molar-refractivity contribution in [2.24, 2.45) is 5.41 Å². The maximum atomic E-state index is 13.1. The summed E-state index contributed by atoms with van der Waals surface area (Å²) in [5, 5.41) is 2.91. The van der Waals surface area contributed by atoms with E-state index in [1.54, 1.807) is 0 Å². The molecule has 1 atom stereocenters. The molecule has 1 aromatic carbocycles. The van der Waals surface area contributed by atoms with E-state index in [-0.39, 0.29) is 23.7 Å². The molecule has 1 spiro atoms. The maximum Gasteiger partial charge on any atom is 0.416 e. The van der Waals surface area contributed by atoms with Gasteiger partial charge in [-0.15, -0.1) is 0 Å². The molecule has 1 heterocycles. The first-order valence-corrected chi connectivity index (χ1v) is 10.4. The SMILES string of the molecule is C[C@@H](OCC1(C)CCC2(CC1)NC(=O)OC2(C)C)c1cc(C(F)(F)F)cc(C(F)(F)F)c1. The smallest absolute Gasteiger partial charge is 0.416 e. The second kappa shape index (κ2) is 7.81. The van der Waals surface area contributed by atoms with Crippen molar-refractivity contribution in [3.63, 3.8) is 0 Å². The summed E-state index contributed by atoms with van der Waals surface area (Å²) in [6, 6.07) is 1.51. The quantitative estimate of drug-likeness (QED) is 0.505. The van der Waals surface area contributed by atoms with Crippen molar-refractivity contribution in [1.82, 2.24) is 5.32 Å². The number of alkyl carbamates (subject to hydrolysis) is 1. The van der Waals surface area contributed by atoms with Crippen molar-refractivity contribution in [2.75, 3.05) is 6.61 Å². The first-order valence-electron chi connectivity index (χ1n) is 10.4. The zero-order chi connectivity index (χ0) is 24.2. The van der Waals surface area contributed by atoms with Crippen LogP contribution in [0.25, 0.3) is 0 Å². The zero-order valence-electron chi connectivity index (χ0n) is 18.3. The Morgan fingerprint density at radius 3 is 1.88 bits per heavy atom. The Morgan fingerprint density at radius 2 is 1.47 bits per heavy atom. The standard InChI is InChI=1S/C22H27F6NO3/c1-13(14-9-15(21(23,24)25)11-16(10-14)22(26,27)28)31-12-19(4)5-7-20(8-6-19)18(2,3)32-17(30)29-20/h9-11,13H,5-8,12H2,1-4H3,(H,29,30)/t13-,19?,20?/m1/s1. The average molecular weight is 467 g/mol. The number of amides is 1. The second-order valence-electron chi connectivity index (χ2n) is 9.71. The minimum Gasteiger partial charge on any atom is -0.441 e. The monoisotopic (exact) mass is 467 g/mol. The molecular weight excluding hydrogens is 440 g/mol. The van der Waals surface area contributed by atoms with Crippen molar-refractivity contribution in [3.05, 3.63) is 34.9 Å². The molecule has 4 nitrogen and oxygen atoms in total. The fraction of sp³-hybridized carbons (Fsp3) is 0.682. The lowest BCUT2D eigenvalue weighted by atomic mass is 9.64. The number of carbonyl (C=O) groups is 1. The van der Waals surface area contributed by atoms with Gasteiger partial charge in [-0.25, -0.2) is 4.79 Å². The van der Waals surface area contributed by atoms with E-state index in [1.807, 2.05) is 20.8 Å². The molecule has 1 aliphatic heterocycles. The number of rotatable bonds is 4. The van der Waals surface area contributed by atoms with Gasteiger partial charge in [0.15, 0.2) is 0 Å². The van der Waals surface area contributed by atoms with Gasteiger partial charge in [0, 0.05) is 0 Å². The first-order chi connectivity index (χ1) is 14.5. The lowest BCUT2D eigenvalue weighted by molar-refractivity contribution is -0.143. The van der Waals surface area contributed by atoms with Crippen molar-refractivity contribution in [3.8, 4) is 0 Å². The molecule has 0 bridgehead atoms. The number of hydrogen-bond donors (Lipinski definition) is 1. The highest BCUT2D eigenvalue weighted by Crippen LogP contribution is 2.49. The molecule has 0 unspecified atom stereocenters. The largest absolute Gasteiger partial charge is 0.441 e. The molecule has 1 aromatic rings. The molecule has 2 aliphatic rings.